The third-order valence-electron chi connectivity index (χ3n) is 2.54. The lowest BCUT2D eigenvalue weighted by molar-refractivity contribution is -0.115. The van der Waals surface area contributed by atoms with Gasteiger partial charge in [0, 0.05) is 11.4 Å². The van der Waals surface area contributed by atoms with E-state index in [2.05, 4.69) is 5.32 Å². The number of hydrogen-bond acceptors (Lipinski definition) is 4. The Hall–Kier alpha value is -1.04. The van der Waals surface area contributed by atoms with Gasteiger partial charge in [-0.3, -0.25) is 4.79 Å². The zero-order valence-corrected chi connectivity index (χ0v) is 9.75. The number of aliphatic hydroxyl groups excluding tert-OH is 1. The van der Waals surface area contributed by atoms with E-state index in [1.165, 1.54) is 11.8 Å². The van der Waals surface area contributed by atoms with Gasteiger partial charge in [-0.05, 0) is 24.6 Å². The molecule has 2 unspecified atom stereocenters. The Kier molecular flexibility index (Phi) is 3.18. The van der Waals surface area contributed by atoms with Crippen LogP contribution in [-0.2, 0) is 4.79 Å². The number of nitrogens with two attached hydrogens (primary N) is 1. The minimum atomic E-state index is -0.674. The maximum atomic E-state index is 11.5. The number of thioether (sulfide) groups is 1. The standard InChI is InChI=1S/C11H14N2O2S/c1-6-11(15)13-8-4-7(9(14)5-12)2-3-10(8)16-6/h2-4,6,9,14H,5,12H2,1H3,(H,13,15). The normalized spacial score (nSPS) is 21.2. The van der Waals surface area contributed by atoms with Crippen LogP contribution < -0.4 is 11.1 Å². The molecule has 1 aromatic carbocycles. The minimum absolute atomic E-state index is 0.00288. The molecule has 1 aliphatic rings. The maximum absolute atomic E-state index is 11.5. The van der Waals surface area contributed by atoms with Crippen molar-refractivity contribution in [3.8, 4) is 0 Å². The zero-order valence-electron chi connectivity index (χ0n) is 8.93. The number of benzene rings is 1. The fourth-order valence-electron chi connectivity index (χ4n) is 1.57. The van der Waals surface area contributed by atoms with Crippen molar-refractivity contribution in [3.05, 3.63) is 23.8 Å². The molecule has 0 saturated heterocycles. The van der Waals surface area contributed by atoms with Gasteiger partial charge in [0.05, 0.1) is 17.0 Å². The van der Waals surface area contributed by atoms with Gasteiger partial charge in [0.1, 0.15) is 0 Å². The van der Waals surface area contributed by atoms with Crippen molar-refractivity contribution in [2.75, 3.05) is 11.9 Å². The molecule has 0 aliphatic carbocycles. The molecular weight excluding hydrogens is 224 g/mol. The van der Waals surface area contributed by atoms with E-state index in [1.54, 1.807) is 6.07 Å². The summed E-state index contributed by atoms with van der Waals surface area (Å²) in [6.45, 7) is 2.04. The van der Waals surface area contributed by atoms with Crippen LogP contribution in [-0.4, -0.2) is 22.8 Å². The zero-order chi connectivity index (χ0) is 11.7. The van der Waals surface area contributed by atoms with Crippen LogP contribution in [0.2, 0.25) is 0 Å². The SMILES string of the molecule is CC1Sc2ccc(C(O)CN)cc2NC1=O. The highest BCUT2D eigenvalue weighted by molar-refractivity contribution is 8.00. The van der Waals surface area contributed by atoms with Crippen molar-refractivity contribution in [1.82, 2.24) is 0 Å². The number of aliphatic hydroxyl groups is 1. The predicted octanol–water partition coefficient (Wildman–Crippen LogP) is 1.11. The van der Waals surface area contributed by atoms with Gasteiger partial charge in [-0.25, -0.2) is 0 Å². The van der Waals surface area contributed by atoms with Crippen molar-refractivity contribution in [3.63, 3.8) is 0 Å². The summed E-state index contributed by atoms with van der Waals surface area (Å²) in [4.78, 5) is 12.5. The lowest BCUT2D eigenvalue weighted by atomic mass is 10.1. The largest absolute Gasteiger partial charge is 0.387 e. The van der Waals surface area contributed by atoms with E-state index < -0.39 is 6.10 Å². The molecule has 1 amide bonds. The topological polar surface area (TPSA) is 75.3 Å². The summed E-state index contributed by atoms with van der Waals surface area (Å²) in [6, 6.07) is 5.53. The smallest absolute Gasteiger partial charge is 0.237 e. The molecule has 16 heavy (non-hydrogen) atoms. The van der Waals surface area contributed by atoms with Gasteiger partial charge in [-0.15, -0.1) is 11.8 Å². The Labute approximate surface area is 98.2 Å². The van der Waals surface area contributed by atoms with Crippen LogP contribution in [0.4, 0.5) is 5.69 Å². The first-order valence-electron chi connectivity index (χ1n) is 5.11. The predicted molar refractivity (Wildman–Crippen MR) is 64.4 cm³/mol. The van der Waals surface area contributed by atoms with Gasteiger partial charge in [0.2, 0.25) is 5.91 Å². The van der Waals surface area contributed by atoms with Crippen LogP contribution >= 0.6 is 11.8 Å². The van der Waals surface area contributed by atoms with Crippen molar-refractivity contribution >= 4 is 23.4 Å². The van der Waals surface area contributed by atoms with Crippen molar-refractivity contribution in [2.45, 2.75) is 23.2 Å². The van der Waals surface area contributed by atoms with Gasteiger partial charge in [-0.2, -0.15) is 0 Å². The molecule has 0 saturated carbocycles. The average molecular weight is 238 g/mol. The van der Waals surface area contributed by atoms with Crippen LogP contribution in [0, 0.1) is 0 Å². The first-order valence-corrected chi connectivity index (χ1v) is 5.99. The quantitative estimate of drug-likeness (QED) is 0.721. The summed E-state index contributed by atoms with van der Waals surface area (Å²) in [5.41, 5.74) is 6.88. The molecular formula is C11H14N2O2S. The van der Waals surface area contributed by atoms with Gasteiger partial charge < -0.3 is 16.2 Å². The van der Waals surface area contributed by atoms with Crippen LogP contribution in [0.5, 0.6) is 0 Å². The molecule has 0 aromatic heterocycles. The summed E-state index contributed by atoms with van der Waals surface area (Å²) in [6.07, 6.45) is -0.674. The van der Waals surface area contributed by atoms with Crippen LogP contribution in [0.1, 0.15) is 18.6 Å². The van der Waals surface area contributed by atoms with E-state index in [1.807, 2.05) is 19.1 Å². The van der Waals surface area contributed by atoms with E-state index >= 15 is 0 Å². The molecule has 0 radical (unpaired) electrons. The van der Waals surface area contributed by atoms with E-state index in [0.29, 0.717) is 0 Å². The van der Waals surface area contributed by atoms with E-state index in [9.17, 15) is 9.90 Å². The number of hydrogen-bond donors (Lipinski definition) is 3. The second-order valence-electron chi connectivity index (χ2n) is 3.76. The average Bonchev–Trinajstić information content (AvgIpc) is 2.29. The van der Waals surface area contributed by atoms with E-state index in [-0.39, 0.29) is 17.7 Å². The molecule has 0 fully saturated rings. The van der Waals surface area contributed by atoms with Crippen LogP contribution in [0.15, 0.2) is 23.1 Å². The molecule has 2 rings (SSSR count). The summed E-state index contributed by atoms with van der Waals surface area (Å²) in [5.74, 6) is -0.00288. The van der Waals surface area contributed by atoms with Gasteiger partial charge in [0.15, 0.2) is 0 Å². The minimum Gasteiger partial charge on any atom is -0.387 e. The monoisotopic (exact) mass is 238 g/mol. The van der Waals surface area contributed by atoms with E-state index in [4.69, 9.17) is 5.73 Å². The second-order valence-corrected chi connectivity index (χ2v) is 5.14. The van der Waals surface area contributed by atoms with Crippen LogP contribution in [0.25, 0.3) is 0 Å². The number of rotatable bonds is 2. The fourth-order valence-corrected chi connectivity index (χ4v) is 2.50. The molecule has 2 atom stereocenters. The Balaban J connectivity index is 2.32. The fraction of sp³-hybridized carbons (Fsp3) is 0.364. The third kappa shape index (κ3) is 2.07. The van der Waals surface area contributed by atoms with Gasteiger partial charge in [-0.1, -0.05) is 6.07 Å². The maximum Gasteiger partial charge on any atom is 0.237 e. The summed E-state index contributed by atoms with van der Waals surface area (Å²) >= 11 is 1.52. The number of carbonyl (C=O) groups is 1. The number of carbonyl (C=O) groups excluding carboxylic acids is 1. The Morgan fingerprint density at radius 3 is 3.06 bits per heavy atom. The Bertz CT molecular complexity index is 422. The van der Waals surface area contributed by atoms with E-state index in [0.717, 1.165) is 16.1 Å². The number of nitrogens with one attached hydrogen (secondary N) is 1. The molecule has 4 nitrogen and oxygen atoms in total. The Morgan fingerprint density at radius 1 is 1.62 bits per heavy atom. The molecule has 0 bridgehead atoms. The first-order chi connectivity index (χ1) is 7.61. The lowest BCUT2D eigenvalue weighted by Gasteiger charge is -2.22. The molecule has 0 spiro atoms. The highest BCUT2D eigenvalue weighted by Gasteiger charge is 2.23. The molecule has 1 heterocycles. The number of anilines is 1. The van der Waals surface area contributed by atoms with Crippen molar-refractivity contribution in [2.24, 2.45) is 5.73 Å². The van der Waals surface area contributed by atoms with Crippen LogP contribution in [0.3, 0.4) is 0 Å². The van der Waals surface area contributed by atoms with Crippen molar-refractivity contribution in [1.29, 1.82) is 0 Å². The van der Waals surface area contributed by atoms with Gasteiger partial charge >= 0.3 is 0 Å². The number of amides is 1. The highest BCUT2D eigenvalue weighted by Crippen LogP contribution is 2.36. The second kappa shape index (κ2) is 4.45. The summed E-state index contributed by atoms with van der Waals surface area (Å²) in [5, 5.41) is 12.4. The summed E-state index contributed by atoms with van der Waals surface area (Å²) < 4.78 is 0. The summed E-state index contributed by atoms with van der Waals surface area (Å²) in [7, 11) is 0. The Morgan fingerprint density at radius 2 is 2.38 bits per heavy atom. The molecule has 4 N–H and O–H groups in total. The van der Waals surface area contributed by atoms with Gasteiger partial charge in [0.25, 0.3) is 0 Å². The number of fused-ring (bicyclic) bond motifs is 1. The van der Waals surface area contributed by atoms with Crippen molar-refractivity contribution < 1.29 is 9.90 Å². The highest BCUT2D eigenvalue weighted by atomic mass is 32.2. The molecule has 86 valence electrons. The third-order valence-corrected chi connectivity index (χ3v) is 3.72. The lowest BCUT2D eigenvalue weighted by Crippen LogP contribution is -2.26. The molecule has 5 heteroatoms. The molecule has 1 aromatic rings. The first kappa shape index (κ1) is 11.4. The molecule has 1 aliphatic heterocycles.